The third kappa shape index (κ3) is 4.36. The van der Waals surface area contributed by atoms with Gasteiger partial charge in [-0.1, -0.05) is 6.07 Å². The molecular weight excluding hydrogens is 572 g/mol. The summed E-state index contributed by atoms with van der Waals surface area (Å²) in [6, 6.07) is 5.23. The lowest BCUT2D eigenvalue weighted by molar-refractivity contribution is 0.0556. The number of nitrogen functional groups attached to an aromatic ring is 1. The summed E-state index contributed by atoms with van der Waals surface area (Å²) in [5.41, 5.74) is 9.34. The number of rotatable bonds is 6. The molecule has 1 amide bonds. The van der Waals surface area contributed by atoms with Gasteiger partial charge in [0, 0.05) is 47.0 Å². The lowest BCUT2D eigenvalue weighted by atomic mass is 9.85. The number of carbonyl (C=O) groups is 2. The number of carbonyl (C=O) groups excluding carboxylic acids is 2. The number of hydrogen-bond acceptors (Lipinski definition) is 9. The van der Waals surface area contributed by atoms with E-state index in [0.717, 1.165) is 25.0 Å². The van der Waals surface area contributed by atoms with Crippen LogP contribution in [0.15, 0.2) is 43.0 Å². The van der Waals surface area contributed by atoms with Crippen molar-refractivity contribution >= 4 is 23.2 Å². The average Bonchev–Trinajstić information content (AvgIpc) is 3.76. The Morgan fingerprint density at radius 2 is 1.84 bits per heavy atom. The number of hydrogen-bond donors (Lipinski definition) is 2. The summed E-state index contributed by atoms with van der Waals surface area (Å²) < 4.78 is 35.2. The van der Waals surface area contributed by atoms with E-state index in [9.17, 15) is 18.4 Å². The van der Waals surface area contributed by atoms with Gasteiger partial charge in [-0.25, -0.2) is 13.8 Å². The van der Waals surface area contributed by atoms with Crippen LogP contribution in [0.3, 0.4) is 0 Å². The Kier molecular flexibility index (Phi) is 6.56. The molecule has 2 aliphatic heterocycles. The van der Waals surface area contributed by atoms with E-state index in [-0.39, 0.29) is 58.3 Å². The summed E-state index contributed by atoms with van der Waals surface area (Å²) in [5.74, 6) is -1.71. The summed E-state index contributed by atoms with van der Waals surface area (Å²) in [6.45, 7) is 1.45. The summed E-state index contributed by atoms with van der Waals surface area (Å²) in [6.07, 6.45) is 7.39. The predicted octanol–water partition coefficient (Wildman–Crippen LogP) is 4.20. The van der Waals surface area contributed by atoms with Gasteiger partial charge in [-0.2, -0.15) is 9.61 Å². The molecule has 14 heteroatoms. The molecular formula is C30H27F2N9O3. The van der Waals surface area contributed by atoms with E-state index in [1.807, 2.05) is 4.90 Å². The zero-order chi connectivity index (χ0) is 30.7. The topological polar surface area (TPSA) is 157 Å². The Labute approximate surface area is 249 Å². The number of benzene rings is 1. The first-order chi connectivity index (χ1) is 21.2. The smallest absolute Gasteiger partial charge is 0.292 e. The van der Waals surface area contributed by atoms with E-state index >= 15 is 0 Å². The molecule has 12 nitrogen and oxygen atoms in total. The monoisotopic (exact) mass is 599 g/mol. The van der Waals surface area contributed by atoms with Crippen LogP contribution < -0.4 is 10.5 Å². The number of halogens is 2. The molecule has 2 fully saturated rings. The maximum absolute atomic E-state index is 14.7. The van der Waals surface area contributed by atoms with Gasteiger partial charge >= 0.3 is 0 Å². The van der Waals surface area contributed by atoms with Crippen LogP contribution in [0.1, 0.15) is 65.2 Å². The van der Waals surface area contributed by atoms with Crippen molar-refractivity contribution < 1.29 is 23.1 Å². The van der Waals surface area contributed by atoms with Gasteiger partial charge in [0.25, 0.3) is 5.91 Å². The summed E-state index contributed by atoms with van der Waals surface area (Å²) >= 11 is 0. The molecule has 0 unspecified atom stereocenters. The number of ketones is 1. The van der Waals surface area contributed by atoms with Crippen molar-refractivity contribution in [3.63, 3.8) is 0 Å². The third-order valence-electron chi connectivity index (χ3n) is 8.63. The molecule has 224 valence electrons. The van der Waals surface area contributed by atoms with Crippen LogP contribution in [0.2, 0.25) is 0 Å². The largest absolute Gasteiger partial charge is 0.494 e. The van der Waals surface area contributed by atoms with Crippen molar-refractivity contribution in [2.45, 2.75) is 50.6 Å². The minimum absolute atomic E-state index is 0.00626. The van der Waals surface area contributed by atoms with E-state index in [1.54, 1.807) is 18.3 Å². The van der Waals surface area contributed by atoms with Gasteiger partial charge in [0.2, 0.25) is 5.82 Å². The van der Waals surface area contributed by atoms with Crippen LogP contribution in [0, 0.1) is 11.6 Å². The second-order valence-corrected chi connectivity index (χ2v) is 11.1. The maximum Gasteiger partial charge on any atom is 0.292 e. The standard InChI is InChI=1S/C30H27F2N9O3/c1-14(42)25-26(16-7-17-4-5-18(8-16)40(17)30(43)28-35-13-36-39-28)38-29-20(12-37-41(29)27(25)33)15-3-6-23(34-11-15)19-9-22(32)24(44-2)10-21(19)31/h3,6,9-13,16-18H,4-5,7-8,33H2,1-2H3,(H,35,36,39)/t16-,17+,18-. The van der Waals surface area contributed by atoms with Crippen molar-refractivity contribution in [3.8, 4) is 28.1 Å². The number of nitrogens with one attached hydrogen (secondary N) is 1. The maximum atomic E-state index is 14.7. The Morgan fingerprint density at radius 1 is 1.07 bits per heavy atom. The predicted molar refractivity (Wildman–Crippen MR) is 154 cm³/mol. The van der Waals surface area contributed by atoms with Crippen molar-refractivity contribution in [2.24, 2.45) is 0 Å². The van der Waals surface area contributed by atoms with Crippen LogP contribution in [-0.2, 0) is 0 Å². The Bertz CT molecular complexity index is 1910. The molecule has 3 N–H and O–H groups in total. The second-order valence-electron chi connectivity index (χ2n) is 11.1. The van der Waals surface area contributed by atoms with Gasteiger partial charge in [-0.15, -0.1) is 10.2 Å². The Hall–Kier alpha value is -5.27. The van der Waals surface area contributed by atoms with Gasteiger partial charge in [-0.3, -0.25) is 14.6 Å². The van der Waals surface area contributed by atoms with Crippen LogP contribution >= 0.6 is 0 Å². The fraction of sp³-hybridized carbons (Fsp3) is 0.300. The highest BCUT2D eigenvalue weighted by Crippen LogP contribution is 2.45. The van der Waals surface area contributed by atoms with Crippen LogP contribution in [0.25, 0.3) is 28.0 Å². The first-order valence-corrected chi connectivity index (χ1v) is 14.1. The van der Waals surface area contributed by atoms with Crippen LogP contribution in [-0.4, -0.2) is 70.5 Å². The van der Waals surface area contributed by atoms with Gasteiger partial charge in [0.05, 0.1) is 30.3 Å². The van der Waals surface area contributed by atoms with E-state index < -0.39 is 11.6 Å². The van der Waals surface area contributed by atoms with Crippen molar-refractivity contribution in [3.05, 3.63) is 71.7 Å². The number of aromatic amines is 1. The van der Waals surface area contributed by atoms with Crippen molar-refractivity contribution in [2.75, 3.05) is 12.8 Å². The number of anilines is 1. The summed E-state index contributed by atoms with van der Waals surface area (Å²) in [5, 5.41) is 12.0. The normalized spacial score (nSPS) is 19.5. The molecule has 6 heterocycles. The number of aromatic nitrogens is 7. The molecule has 7 rings (SSSR count). The molecule has 3 atom stereocenters. The van der Waals surface area contributed by atoms with E-state index in [2.05, 4.69) is 25.3 Å². The fourth-order valence-corrected chi connectivity index (χ4v) is 6.65. The molecule has 4 aromatic heterocycles. The van der Waals surface area contributed by atoms with E-state index in [1.165, 1.54) is 31.1 Å². The Morgan fingerprint density at radius 3 is 2.48 bits per heavy atom. The van der Waals surface area contributed by atoms with Crippen LogP contribution in [0.5, 0.6) is 5.75 Å². The minimum atomic E-state index is -0.701. The Balaban J connectivity index is 1.24. The first-order valence-electron chi connectivity index (χ1n) is 14.1. The third-order valence-corrected chi connectivity index (χ3v) is 8.63. The molecule has 0 radical (unpaired) electrons. The zero-order valence-corrected chi connectivity index (χ0v) is 23.8. The number of fused-ring (bicyclic) bond motifs is 3. The van der Waals surface area contributed by atoms with E-state index in [4.69, 9.17) is 15.5 Å². The van der Waals surface area contributed by atoms with Crippen LogP contribution in [0.4, 0.5) is 14.6 Å². The summed E-state index contributed by atoms with van der Waals surface area (Å²) in [4.78, 5) is 40.1. The average molecular weight is 600 g/mol. The first kappa shape index (κ1) is 27.6. The zero-order valence-electron chi connectivity index (χ0n) is 23.8. The number of piperidine rings is 1. The number of methoxy groups -OCH3 is 1. The lowest BCUT2D eigenvalue weighted by Gasteiger charge is -2.38. The minimum Gasteiger partial charge on any atom is -0.494 e. The highest BCUT2D eigenvalue weighted by molar-refractivity contribution is 6.00. The molecule has 0 saturated carbocycles. The molecule has 2 bridgehead atoms. The molecule has 44 heavy (non-hydrogen) atoms. The second kappa shape index (κ2) is 10.5. The summed E-state index contributed by atoms with van der Waals surface area (Å²) in [7, 11) is 1.26. The number of nitrogens with zero attached hydrogens (tertiary/aromatic N) is 7. The highest BCUT2D eigenvalue weighted by atomic mass is 19.1. The van der Waals surface area contributed by atoms with Gasteiger partial charge in [0.1, 0.15) is 18.0 Å². The molecule has 2 saturated heterocycles. The van der Waals surface area contributed by atoms with Gasteiger partial charge in [-0.05, 0) is 44.7 Å². The quantitative estimate of drug-likeness (QED) is 0.273. The number of pyridine rings is 1. The van der Waals surface area contributed by atoms with Crippen molar-refractivity contribution in [1.29, 1.82) is 0 Å². The molecule has 2 aliphatic rings. The molecule has 0 spiro atoms. The van der Waals surface area contributed by atoms with Gasteiger partial charge in [0.15, 0.2) is 23.0 Å². The number of ether oxygens (including phenoxy) is 1. The van der Waals surface area contributed by atoms with E-state index in [0.29, 0.717) is 40.9 Å². The van der Waals surface area contributed by atoms with Gasteiger partial charge < -0.3 is 20.4 Å². The highest BCUT2D eigenvalue weighted by Gasteiger charge is 2.45. The SMILES string of the molecule is COc1cc(F)c(-c2ccc(-c3cnn4c(N)c(C(C)=O)c([C@H]5C[C@H]6CC[C@@H](C5)N6C(=O)c5nnc[nH]5)nc34)cn2)cc1F. The fourth-order valence-electron chi connectivity index (χ4n) is 6.65. The lowest BCUT2D eigenvalue weighted by Crippen LogP contribution is -2.46. The molecule has 1 aromatic carbocycles. The molecule has 5 aromatic rings. The number of amides is 1. The van der Waals surface area contributed by atoms with Crippen molar-refractivity contribution in [1.82, 2.24) is 39.7 Å². The number of H-pyrrole nitrogens is 1. The molecule has 0 aliphatic carbocycles. The number of nitrogens with two attached hydrogens (primary N) is 1. The number of Topliss-reactive ketones (excluding diaryl/α,β-unsaturated/α-hetero) is 1.